The van der Waals surface area contributed by atoms with E-state index in [-0.39, 0.29) is 17.7 Å². The lowest BCUT2D eigenvalue weighted by Crippen LogP contribution is -2.43. The average molecular weight is 388 g/mol. The van der Waals surface area contributed by atoms with Crippen molar-refractivity contribution in [2.45, 2.75) is 38.6 Å². The van der Waals surface area contributed by atoms with Crippen molar-refractivity contribution in [2.24, 2.45) is 5.92 Å². The summed E-state index contributed by atoms with van der Waals surface area (Å²) in [5, 5.41) is 11.9. The highest BCUT2D eigenvalue weighted by atomic mass is 35.5. The van der Waals surface area contributed by atoms with Crippen molar-refractivity contribution in [2.75, 3.05) is 13.1 Å². The maximum absolute atomic E-state index is 12.9. The van der Waals surface area contributed by atoms with Gasteiger partial charge in [-0.2, -0.15) is 0 Å². The van der Waals surface area contributed by atoms with Gasteiger partial charge in [-0.05, 0) is 50.8 Å². The molecule has 1 saturated carbocycles. The minimum Gasteiger partial charge on any atom is -0.353 e. The first-order valence-corrected chi connectivity index (χ1v) is 9.68. The zero-order valence-corrected chi connectivity index (χ0v) is 15.9. The normalized spacial score (nSPS) is 17.8. The molecular formula is C19H22ClN5O2. The molecule has 8 heteroatoms. The molecule has 1 aromatic carbocycles. The minimum atomic E-state index is -0.137. The van der Waals surface area contributed by atoms with Gasteiger partial charge in [-0.1, -0.05) is 22.9 Å². The SMILES string of the molecule is Cc1c(C(=O)N2CCC(C(=O)NC3CC3)CC2)nnn1-c1cccc(Cl)c1. The lowest BCUT2D eigenvalue weighted by atomic mass is 9.95. The van der Waals surface area contributed by atoms with Crippen molar-refractivity contribution in [1.82, 2.24) is 25.2 Å². The third-order valence-corrected chi connectivity index (χ3v) is 5.46. The summed E-state index contributed by atoms with van der Waals surface area (Å²) < 4.78 is 1.62. The lowest BCUT2D eigenvalue weighted by Gasteiger charge is -2.31. The molecule has 0 radical (unpaired) electrons. The van der Waals surface area contributed by atoms with Crippen LogP contribution in [0.2, 0.25) is 5.02 Å². The molecule has 2 fully saturated rings. The maximum Gasteiger partial charge on any atom is 0.276 e. The van der Waals surface area contributed by atoms with Crippen LogP contribution in [0.15, 0.2) is 24.3 Å². The number of benzene rings is 1. The van der Waals surface area contributed by atoms with E-state index in [4.69, 9.17) is 11.6 Å². The Hall–Kier alpha value is -2.41. The molecule has 1 aromatic heterocycles. The largest absolute Gasteiger partial charge is 0.353 e. The Kier molecular flexibility index (Phi) is 4.86. The van der Waals surface area contributed by atoms with Crippen LogP contribution in [0.4, 0.5) is 0 Å². The van der Waals surface area contributed by atoms with Gasteiger partial charge >= 0.3 is 0 Å². The highest BCUT2D eigenvalue weighted by Gasteiger charge is 2.32. The Morgan fingerprint density at radius 3 is 2.59 bits per heavy atom. The van der Waals surface area contributed by atoms with E-state index in [1.807, 2.05) is 19.1 Å². The van der Waals surface area contributed by atoms with E-state index >= 15 is 0 Å². The van der Waals surface area contributed by atoms with Crippen LogP contribution >= 0.6 is 11.6 Å². The second kappa shape index (κ2) is 7.31. The summed E-state index contributed by atoms with van der Waals surface area (Å²) in [6.07, 6.45) is 3.55. The number of piperidine rings is 1. The first-order chi connectivity index (χ1) is 13.0. The molecule has 2 heterocycles. The van der Waals surface area contributed by atoms with Crippen molar-refractivity contribution >= 4 is 23.4 Å². The molecule has 2 aliphatic rings. The number of rotatable bonds is 4. The van der Waals surface area contributed by atoms with Crippen LogP contribution in [0, 0.1) is 12.8 Å². The van der Waals surface area contributed by atoms with Crippen LogP contribution in [0.25, 0.3) is 5.69 Å². The van der Waals surface area contributed by atoms with Crippen molar-refractivity contribution in [3.63, 3.8) is 0 Å². The standard InChI is InChI=1S/C19H22ClN5O2/c1-12-17(22-23-25(12)16-4-2-3-14(20)11-16)19(27)24-9-7-13(8-10-24)18(26)21-15-5-6-15/h2-4,11,13,15H,5-10H2,1H3,(H,21,26). The number of carbonyl (C=O) groups is 2. The van der Waals surface area contributed by atoms with Crippen LogP contribution in [0.3, 0.4) is 0 Å². The van der Waals surface area contributed by atoms with E-state index < -0.39 is 0 Å². The van der Waals surface area contributed by atoms with Gasteiger partial charge in [-0.3, -0.25) is 9.59 Å². The van der Waals surface area contributed by atoms with Crippen LogP contribution < -0.4 is 5.32 Å². The molecule has 0 atom stereocenters. The van der Waals surface area contributed by atoms with E-state index in [0.717, 1.165) is 18.5 Å². The molecule has 4 rings (SSSR count). The fraction of sp³-hybridized carbons (Fsp3) is 0.474. The van der Waals surface area contributed by atoms with Crippen LogP contribution in [-0.2, 0) is 4.79 Å². The van der Waals surface area contributed by atoms with E-state index in [1.165, 1.54) is 0 Å². The molecule has 1 aliphatic carbocycles. The first-order valence-electron chi connectivity index (χ1n) is 9.31. The first kappa shape index (κ1) is 18.0. The van der Waals surface area contributed by atoms with Gasteiger partial charge in [0.25, 0.3) is 5.91 Å². The van der Waals surface area contributed by atoms with Crippen molar-refractivity contribution in [3.8, 4) is 5.69 Å². The molecule has 1 N–H and O–H groups in total. The Morgan fingerprint density at radius 2 is 1.93 bits per heavy atom. The van der Waals surface area contributed by atoms with Gasteiger partial charge in [0.15, 0.2) is 5.69 Å². The van der Waals surface area contributed by atoms with Crippen molar-refractivity contribution in [1.29, 1.82) is 0 Å². The summed E-state index contributed by atoms with van der Waals surface area (Å²) in [7, 11) is 0. The highest BCUT2D eigenvalue weighted by molar-refractivity contribution is 6.30. The average Bonchev–Trinajstić information content (AvgIpc) is 3.40. The third kappa shape index (κ3) is 3.83. The zero-order chi connectivity index (χ0) is 19.0. The van der Waals surface area contributed by atoms with E-state index in [1.54, 1.807) is 21.7 Å². The van der Waals surface area contributed by atoms with E-state index in [9.17, 15) is 9.59 Å². The number of hydrogen-bond donors (Lipinski definition) is 1. The number of amides is 2. The molecule has 27 heavy (non-hydrogen) atoms. The number of hydrogen-bond acceptors (Lipinski definition) is 4. The fourth-order valence-electron chi connectivity index (χ4n) is 3.42. The number of nitrogens with one attached hydrogen (secondary N) is 1. The van der Waals surface area contributed by atoms with Crippen LogP contribution in [-0.4, -0.2) is 50.8 Å². The second-order valence-corrected chi connectivity index (χ2v) is 7.70. The van der Waals surface area contributed by atoms with Crippen molar-refractivity contribution < 1.29 is 9.59 Å². The smallest absolute Gasteiger partial charge is 0.276 e. The predicted octanol–water partition coefficient (Wildman–Crippen LogP) is 2.36. The van der Waals surface area contributed by atoms with Gasteiger partial charge in [-0.25, -0.2) is 4.68 Å². The summed E-state index contributed by atoms with van der Waals surface area (Å²) in [4.78, 5) is 26.8. The van der Waals surface area contributed by atoms with Gasteiger partial charge in [0.05, 0.1) is 11.4 Å². The highest BCUT2D eigenvalue weighted by Crippen LogP contribution is 2.24. The second-order valence-electron chi connectivity index (χ2n) is 7.26. The molecule has 1 aliphatic heterocycles. The summed E-state index contributed by atoms with van der Waals surface area (Å²) in [6.45, 7) is 2.94. The Balaban J connectivity index is 1.42. The molecule has 2 aromatic rings. The number of aromatic nitrogens is 3. The fourth-order valence-corrected chi connectivity index (χ4v) is 3.61. The molecule has 2 amide bonds. The van der Waals surface area contributed by atoms with E-state index in [2.05, 4.69) is 15.6 Å². The summed E-state index contributed by atoms with van der Waals surface area (Å²) in [6, 6.07) is 7.64. The van der Waals surface area contributed by atoms with Gasteiger partial charge in [0.1, 0.15) is 0 Å². The Bertz CT molecular complexity index is 869. The van der Waals surface area contributed by atoms with Crippen molar-refractivity contribution in [3.05, 3.63) is 40.7 Å². The van der Waals surface area contributed by atoms with Gasteiger partial charge in [0.2, 0.25) is 5.91 Å². The monoisotopic (exact) mass is 387 g/mol. The molecule has 142 valence electrons. The Labute approximate surface area is 162 Å². The summed E-state index contributed by atoms with van der Waals surface area (Å²) >= 11 is 6.04. The number of carbonyl (C=O) groups excluding carboxylic acids is 2. The third-order valence-electron chi connectivity index (χ3n) is 5.23. The molecule has 1 saturated heterocycles. The molecule has 0 unspecified atom stereocenters. The molecule has 0 spiro atoms. The predicted molar refractivity (Wildman–Crippen MR) is 101 cm³/mol. The van der Waals surface area contributed by atoms with Gasteiger partial charge in [0, 0.05) is 30.1 Å². The lowest BCUT2D eigenvalue weighted by molar-refractivity contribution is -0.126. The van der Waals surface area contributed by atoms with Crippen LogP contribution in [0.5, 0.6) is 0 Å². The number of nitrogens with zero attached hydrogens (tertiary/aromatic N) is 4. The van der Waals surface area contributed by atoms with Gasteiger partial charge < -0.3 is 10.2 Å². The summed E-state index contributed by atoms with van der Waals surface area (Å²) in [5.41, 5.74) is 1.79. The van der Waals surface area contributed by atoms with E-state index in [0.29, 0.717) is 48.4 Å². The molecule has 7 nitrogen and oxygen atoms in total. The molecule has 0 bridgehead atoms. The van der Waals surface area contributed by atoms with Gasteiger partial charge in [-0.15, -0.1) is 5.10 Å². The zero-order valence-electron chi connectivity index (χ0n) is 15.2. The minimum absolute atomic E-state index is 0.00195. The molecular weight excluding hydrogens is 366 g/mol. The topological polar surface area (TPSA) is 80.1 Å². The number of halogens is 1. The quantitative estimate of drug-likeness (QED) is 0.873. The Morgan fingerprint density at radius 1 is 1.19 bits per heavy atom. The number of likely N-dealkylation sites (tertiary alicyclic amines) is 1. The maximum atomic E-state index is 12.9. The summed E-state index contributed by atoms with van der Waals surface area (Å²) in [5.74, 6) is -0.00704. The van der Waals surface area contributed by atoms with Crippen LogP contribution in [0.1, 0.15) is 41.9 Å².